The standard InChI is InChI=1S/C14H22N2O/c1-14(11-17,12-6-5-9-15-10-12)16-13-7-3-2-4-8-13/h5-6,9-10,13,16-17H,2-4,7-8,11H2,1H3. The van der Waals surface area contributed by atoms with E-state index in [1.807, 2.05) is 18.3 Å². The van der Waals surface area contributed by atoms with E-state index in [4.69, 9.17) is 0 Å². The van der Waals surface area contributed by atoms with Gasteiger partial charge in [0.2, 0.25) is 0 Å². The predicted octanol–water partition coefficient (Wildman–Crippen LogP) is 2.21. The molecule has 3 nitrogen and oxygen atoms in total. The number of aromatic nitrogens is 1. The van der Waals surface area contributed by atoms with Gasteiger partial charge in [0.25, 0.3) is 0 Å². The lowest BCUT2D eigenvalue weighted by molar-refractivity contribution is 0.150. The van der Waals surface area contributed by atoms with Crippen LogP contribution in [0.2, 0.25) is 0 Å². The Hall–Kier alpha value is -0.930. The maximum absolute atomic E-state index is 9.68. The van der Waals surface area contributed by atoms with Gasteiger partial charge in [-0.25, -0.2) is 0 Å². The van der Waals surface area contributed by atoms with E-state index in [1.54, 1.807) is 6.20 Å². The molecule has 1 aliphatic rings. The number of pyridine rings is 1. The molecule has 1 aliphatic carbocycles. The molecular weight excluding hydrogens is 212 g/mol. The number of rotatable bonds is 4. The van der Waals surface area contributed by atoms with Crippen LogP contribution >= 0.6 is 0 Å². The summed E-state index contributed by atoms with van der Waals surface area (Å²) in [4.78, 5) is 4.14. The molecule has 1 atom stereocenters. The van der Waals surface area contributed by atoms with Crippen LogP contribution in [0.5, 0.6) is 0 Å². The maximum Gasteiger partial charge on any atom is 0.0657 e. The van der Waals surface area contributed by atoms with Gasteiger partial charge in [-0.2, -0.15) is 0 Å². The molecule has 1 unspecified atom stereocenters. The molecule has 94 valence electrons. The van der Waals surface area contributed by atoms with E-state index in [0.717, 1.165) is 5.56 Å². The van der Waals surface area contributed by atoms with Gasteiger partial charge < -0.3 is 10.4 Å². The third-order valence-electron chi connectivity index (χ3n) is 3.74. The lowest BCUT2D eigenvalue weighted by Crippen LogP contribution is -2.49. The fourth-order valence-corrected chi connectivity index (χ4v) is 2.61. The Kier molecular flexibility index (Phi) is 4.13. The largest absolute Gasteiger partial charge is 0.394 e. The van der Waals surface area contributed by atoms with E-state index >= 15 is 0 Å². The molecule has 0 aromatic carbocycles. The first kappa shape index (κ1) is 12.5. The number of nitrogens with zero attached hydrogens (tertiary/aromatic N) is 1. The first-order valence-corrected chi connectivity index (χ1v) is 6.54. The van der Waals surface area contributed by atoms with Crippen molar-refractivity contribution in [3.05, 3.63) is 30.1 Å². The Morgan fingerprint density at radius 2 is 2.18 bits per heavy atom. The molecule has 0 saturated heterocycles. The second-order valence-electron chi connectivity index (χ2n) is 5.21. The number of aliphatic hydroxyl groups excluding tert-OH is 1. The molecule has 1 heterocycles. The summed E-state index contributed by atoms with van der Waals surface area (Å²) in [5.74, 6) is 0. The molecule has 1 aromatic heterocycles. The van der Waals surface area contributed by atoms with Gasteiger partial charge >= 0.3 is 0 Å². The van der Waals surface area contributed by atoms with E-state index < -0.39 is 0 Å². The molecule has 2 rings (SSSR count). The van der Waals surface area contributed by atoms with Crippen molar-refractivity contribution in [1.82, 2.24) is 10.3 Å². The summed E-state index contributed by atoms with van der Waals surface area (Å²) in [7, 11) is 0. The normalized spacial score (nSPS) is 21.1. The second kappa shape index (κ2) is 5.61. The summed E-state index contributed by atoms with van der Waals surface area (Å²) in [5, 5.41) is 13.3. The minimum Gasteiger partial charge on any atom is -0.394 e. The summed E-state index contributed by atoms with van der Waals surface area (Å²) >= 11 is 0. The van der Waals surface area contributed by atoms with Crippen LogP contribution < -0.4 is 5.32 Å². The minimum absolute atomic E-state index is 0.106. The highest BCUT2D eigenvalue weighted by atomic mass is 16.3. The highest BCUT2D eigenvalue weighted by molar-refractivity contribution is 5.20. The van der Waals surface area contributed by atoms with Crippen LogP contribution in [0.3, 0.4) is 0 Å². The van der Waals surface area contributed by atoms with Gasteiger partial charge in [-0.1, -0.05) is 25.3 Å². The Morgan fingerprint density at radius 1 is 1.41 bits per heavy atom. The molecular formula is C14H22N2O. The predicted molar refractivity (Wildman–Crippen MR) is 68.7 cm³/mol. The summed E-state index contributed by atoms with van der Waals surface area (Å²) < 4.78 is 0. The van der Waals surface area contributed by atoms with Crippen LogP contribution in [0.1, 0.15) is 44.6 Å². The van der Waals surface area contributed by atoms with Crippen LogP contribution in [0.15, 0.2) is 24.5 Å². The third kappa shape index (κ3) is 3.05. The van der Waals surface area contributed by atoms with E-state index in [-0.39, 0.29) is 12.1 Å². The first-order chi connectivity index (χ1) is 8.24. The molecule has 1 aromatic rings. The number of hydrogen-bond acceptors (Lipinski definition) is 3. The van der Waals surface area contributed by atoms with Gasteiger partial charge in [0, 0.05) is 18.4 Å². The number of nitrogens with one attached hydrogen (secondary N) is 1. The molecule has 0 radical (unpaired) electrons. The molecule has 1 fully saturated rings. The number of hydrogen-bond donors (Lipinski definition) is 2. The van der Waals surface area contributed by atoms with Crippen molar-refractivity contribution < 1.29 is 5.11 Å². The van der Waals surface area contributed by atoms with Crippen molar-refractivity contribution in [3.8, 4) is 0 Å². The van der Waals surface area contributed by atoms with E-state index in [1.165, 1.54) is 32.1 Å². The minimum atomic E-state index is -0.365. The summed E-state index contributed by atoms with van der Waals surface area (Å²) in [6, 6.07) is 4.48. The summed E-state index contributed by atoms with van der Waals surface area (Å²) in [6.07, 6.45) is 9.99. The second-order valence-corrected chi connectivity index (χ2v) is 5.21. The van der Waals surface area contributed by atoms with Gasteiger partial charge in [0.1, 0.15) is 0 Å². The quantitative estimate of drug-likeness (QED) is 0.839. The van der Waals surface area contributed by atoms with Gasteiger partial charge in [0.05, 0.1) is 12.1 Å². The Labute approximate surface area is 103 Å². The molecule has 0 spiro atoms. The smallest absolute Gasteiger partial charge is 0.0657 e. The van der Waals surface area contributed by atoms with Crippen LogP contribution in [0.4, 0.5) is 0 Å². The zero-order chi connectivity index (χ0) is 12.1. The van der Waals surface area contributed by atoms with Crippen LogP contribution in [0, 0.1) is 0 Å². The van der Waals surface area contributed by atoms with Crippen molar-refractivity contribution in [1.29, 1.82) is 0 Å². The Bertz CT molecular complexity index is 335. The highest BCUT2D eigenvalue weighted by Gasteiger charge is 2.29. The van der Waals surface area contributed by atoms with Gasteiger partial charge in [0.15, 0.2) is 0 Å². The fraction of sp³-hybridized carbons (Fsp3) is 0.643. The zero-order valence-corrected chi connectivity index (χ0v) is 10.5. The molecule has 0 aliphatic heterocycles. The topological polar surface area (TPSA) is 45.1 Å². The van der Waals surface area contributed by atoms with Gasteiger partial charge in [-0.3, -0.25) is 4.98 Å². The highest BCUT2D eigenvalue weighted by Crippen LogP contribution is 2.25. The Morgan fingerprint density at radius 3 is 2.76 bits per heavy atom. The number of aliphatic hydroxyl groups is 1. The average molecular weight is 234 g/mol. The van der Waals surface area contributed by atoms with Crippen molar-refractivity contribution in [3.63, 3.8) is 0 Å². The van der Waals surface area contributed by atoms with Crippen LogP contribution in [-0.2, 0) is 5.54 Å². The molecule has 0 amide bonds. The molecule has 17 heavy (non-hydrogen) atoms. The molecule has 1 saturated carbocycles. The SMILES string of the molecule is CC(CO)(NC1CCCCC1)c1cccnc1. The van der Waals surface area contributed by atoms with Crippen molar-refractivity contribution in [2.24, 2.45) is 0 Å². The lowest BCUT2D eigenvalue weighted by Gasteiger charge is -2.35. The van der Waals surface area contributed by atoms with E-state index in [2.05, 4.69) is 17.2 Å². The maximum atomic E-state index is 9.68. The van der Waals surface area contributed by atoms with Crippen molar-refractivity contribution in [2.45, 2.75) is 50.6 Å². The molecule has 3 heteroatoms. The van der Waals surface area contributed by atoms with Crippen LogP contribution in [0.25, 0.3) is 0 Å². The average Bonchev–Trinajstić information content (AvgIpc) is 2.41. The summed E-state index contributed by atoms with van der Waals surface area (Å²) in [5.41, 5.74) is 0.698. The molecule has 0 bridgehead atoms. The van der Waals surface area contributed by atoms with Crippen molar-refractivity contribution in [2.75, 3.05) is 6.61 Å². The zero-order valence-electron chi connectivity index (χ0n) is 10.5. The summed E-state index contributed by atoms with van der Waals surface area (Å²) in [6.45, 7) is 2.16. The van der Waals surface area contributed by atoms with Gasteiger partial charge in [-0.05, 0) is 31.4 Å². The Balaban J connectivity index is 2.08. The van der Waals surface area contributed by atoms with E-state index in [0.29, 0.717) is 6.04 Å². The van der Waals surface area contributed by atoms with Gasteiger partial charge in [-0.15, -0.1) is 0 Å². The monoisotopic (exact) mass is 234 g/mol. The molecule has 2 N–H and O–H groups in total. The van der Waals surface area contributed by atoms with Crippen LogP contribution in [-0.4, -0.2) is 22.7 Å². The first-order valence-electron chi connectivity index (χ1n) is 6.54. The van der Waals surface area contributed by atoms with E-state index in [9.17, 15) is 5.11 Å². The van der Waals surface area contributed by atoms with Crippen molar-refractivity contribution >= 4 is 0 Å². The third-order valence-corrected chi connectivity index (χ3v) is 3.74. The lowest BCUT2D eigenvalue weighted by atomic mass is 9.89. The fourth-order valence-electron chi connectivity index (χ4n) is 2.61.